The van der Waals surface area contributed by atoms with Crippen LogP contribution in [0.15, 0.2) is 43.0 Å². The summed E-state index contributed by atoms with van der Waals surface area (Å²) in [6.45, 7) is 1.40. The van der Waals surface area contributed by atoms with Crippen LogP contribution in [0.4, 0.5) is 5.82 Å². The van der Waals surface area contributed by atoms with E-state index in [4.69, 9.17) is 14.2 Å². The summed E-state index contributed by atoms with van der Waals surface area (Å²) in [6.07, 6.45) is 2.39. The van der Waals surface area contributed by atoms with E-state index in [1.807, 2.05) is 6.07 Å². The van der Waals surface area contributed by atoms with Crippen LogP contribution in [0.25, 0.3) is 11.2 Å². The average Bonchev–Trinajstić information content (AvgIpc) is 3.53. The molecule has 3 aromatic rings. The van der Waals surface area contributed by atoms with Gasteiger partial charge in [-0.3, -0.25) is 4.57 Å². The number of ether oxygens (including phenoxy) is 3. The second kappa shape index (κ2) is 8.58. The summed E-state index contributed by atoms with van der Waals surface area (Å²) in [5.74, 6) is 0.203. The molecule has 10 nitrogen and oxygen atoms in total. The van der Waals surface area contributed by atoms with Crippen LogP contribution in [-0.2, 0) is 14.2 Å². The summed E-state index contributed by atoms with van der Waals surface area (Å²) in [7, 11) is 0. The van der Waals surface area contributed by atoms with Crippen molar-refractivity contribution in [2.75, 3.05) is 25.1 Å². The van der Waals surface area contributed by atoms with Crippen molar-refractivity contribution in [3.05, 3.63) is 48.5 Å². The number of anilines is 1. The number of fused-ring (bicyclic) bond motifs is 1. The first-order valence-corrected chi connectivity index (χ1v) is 10.3. The number of aliphatic hydroxyl groups is 1. The predicted octanol–water partition coefficient (Wildman–Crippen LogP) is 1.53. The lowest BCUT2D eigenvalue weighted by Crippen LogP contribution is -2.21. The molecule has 162 valence electrons. The van der Waals surface area contributed by atoms with Gasteiger partial charge in [0, 0.05) is 13.0 Å². The van der Waals surface area contributed by atoms with Crippen molar-refractivity contribution < 1.29 is 24.1 Å². The normalized spacial score (nSPS) is 25.7. The maximum Gasteiger partial charge on any atom is 0.338 e. The van der Waals surface area contributed by atoms with E-state index in [2.05, 4.69) is 20.3 Å². The smallest absolute Gasteiger partial charge is 0.338 e. The number of carbonyl (C=O) groups is 1. The number of esters is 1. The topological polar surface area (TPSA) is 121 Å². The molecule has 2 aliphatic rings. The molecule has 1 aromatic carbocycles. The van der Waals surface area contributed by atoms with Gasteiger partial charge in [-0.05, 0) is 18.6 Å². The van der Waals surface area contributed by atoms with E-state index in [9.17, 15) is 9.90 Å². The molecule has 2 saturated heterocycles. The highest BCUT2D eigenvalue weighted by Crippen LogP contribution is 2.32. The highest BCUT2D eigenvalue weighted by atomic mass is 16.6. The van der Waals surface area contributed by atoms with Crippen LogP contribution in [0, 0.1) is 0 Å². The predicted molar refractivity (Wildman–Crippen MR) is 109 cm³/mol. The molecule has 0 saturated carbocycles. The van der Waals surface area contributed by atoms with Crippen LogP contribution in [0.3, 0.4) is 0 Å². The van der Waals surface area contributed by atoms with Gasteiger partial charge < -0.3 is 24.6 Å². The van der Waals surface area contributed by atoms with Gasteiger partial charge in [0.05, 0.1) is 30.6 Å². The Morgan fingerprint density at radius 1 is 1.26 bits per heavy atom. The summed E-state index contributed by atoms with van der Waals surface area (Å²) >= 11 is 0. The zero-order valence-corrected chi connectivity index (χ0v) is 16.8. The number of nitrogens with zero attached hydrogens (tertiary/aromatic N) is 4. The van der Waals surface area contributed by atoms with E-state index in [1.165, 1.54) is 6.33 Å². The van der Waals surface area contributed by atoms with Crippen LogP contribution in [-0.4, -0.2) is 68.7 Å². The number of nitrogens with one attached hydrogen (secondary N) is 1. The molecule has 0 spiro atoms. The maximum absolute atomic E-state index is 12.2. The van der Waals surface area contributed by atoms with E-state index in [-0.39, 0.29) is 12.6 Å². The average molecular weight is 425 g/mol. The van der Waals surface area contributed by atoms with Crippen molar-refractivity contribution >= 4 is 23.0 Å². The largest absolute Gasteiger partial charge is 0.459 e. The first kappa shape index (κ1) is 19.9. The fraction of sp³-hybridized carbons (Fsp3) is 0.429. The van der Waals surface area contributed by atoms with Crippen molar-refractivity contribution in [1.29, 1.82) is 0 Å². The standard InChI is InChI=1S/C21H23N5O5/c27-16-8-15(10-30-21(28)13-4-2-1-3-5-13)31-20(16)26-12-24-17-18(22-11-23-19(17)26)25-14-6-7-29-9-14/h1-5,11-12,14-16,20,27H,6-10H2,(H,22,23,25)/t14-,15+,16-,20-/m1/s1. The summed E-state index contributed by atoms with van der Waals surface area (Å²) < 4.78 is 18.4. The Bertz CT molecular complexity index is 1050. The molecule has 2 fully saturated rings. The van der Waals surface area contributed by atoms with Crippen LogP contribution in [0.1, 0.15) is 29.4 Å². The molecule has 4 atom stereocenters. The molecule has 5 rings (SSSR count). The van der Waals surface area contributed by atoms with E-state index in [0.29, 0.717) is 35.6 Å². The first-order valence-electron chi connectivity index (χ1n) is 10.3. The van der Waals surface area contributed by atoms with E-state index < -0.39 is 24.4 Å². The van der Waals surface area contributed by atoms with Crippen LogP contribution in [0.2, 0.25) is 0 Å². The Balaban J connectivity index is 1.27. The van der Waals surface area contributed by atoms with Gasteiger partial charge in [0.1, 0.15) is 19.0 Å². The third kappa shape index (κ3) is 4.09. The second-order valence-electron chi connectivity index (χ2n) is 7.67. The summed E-state index contributed by atoms with van der Waals surface area (Å²) in [5, 5.41) is 13.9. The lowest BCUT2D eigenvalue weighted by molar-refractivity contribution is -0.0531. The van der Waals surface area contributed by atoms with Gasteiger partial charge in [0.2, 0.25) is 0 Å². The minimum Gasteiger partial charge on any atom is -0.459 e. The number of aromatic nitrogens is 4. The Morgan fingerprint density at radius 2 is 2.13 bits per heavy atom. The number of hydrogen-bond donors (Lipinski definition) is 2. The molecule has 31 heavy (non-hydrogen) atoms. The molecule has 4 heterocycles. The summed E-state index contributed by atoms with van der Waals surface area (Å²) in [5.41, 5.74) is 1.63. The lowest BCUT2D eigenvalue weighted by Gasteiger charge is -2.17. The third-order valence-electron chi connectivity index (χ3n) is 5.48. The first-order chi connectivity index (χ1) is 15.2. The summed E-state index contributed by atoms with van der Waals surface area (Å²) in [4.78, 5) is 25.2. The number of carbonyl (C=O) groups excluding carboxylic acids is 1. The Kier molecular flexibility index (Phi) is 5.49. The van der Waals surface area contributed by atoms with Gasteiger partial charge >= 0.3 is 5.97 Å². The SMILES string of the molecule is O=C(OC[C@@H]1C[C@@H](O)[C@H](n2cnc3c(N[C@@H]4CCOC4)ncnc32)O1)c1ccccc1. The fourth-order valence-corrected chi connectivity index (χ4v) is 3.90. The molecule has 0 bridgehead atoms. The molecule has 0 aliphatic carbocycles. The minimum atomic E-state index is -0.785. The Labute approximate surface area is 178 Å². The number of imidazole rings is 1. The lowest BCUT2D eigenvalue weighted by atomic mass is 10.2. The monoisotopic (exact) mass is 425 g/mol. The molecule has 0 amide bonds. The summed E-state index contributed by atoms with van der Waals surface area (Å²) in [6, 6.07) is 8.94. The van der Waals surface area contributed by atoms with Crippen molar-refractivity contribution in [3.63, 3.8) is 0 Å². The highest BCUT2D eigenvalue weighted by Gasteiger charge is 2.37. The van der Waals surface area contributed by atoms with Gasteiger partial charge in [0.15, 0.2) is 23.2 Å². The van der Waals surface area contributed by atoms with Gasteiger partial charge in [-0.1, -0.05) is 18.2 Å². The van der Waals surface area contributed by atoms with Gasteiger partial charge in [-0.15, -0.1) is 0 Å². The zero-order chi connectivity index (χ0) is 21.2. The van der Waals surface area contributed by atoms with Crippen molar-refractivity contribution in [2.45, 2.75) is 37.3 Å². The number of benzene rings is 1. The number of hydrogen-bond acceptors (Lipinski definition) is 9. The van der Waals surface area contributed by atoms with Gasteiger partial charge in [0.25, 0.3) is 0 Å². The molecular formula is C21H23N5O5. The number of aliphatic hydroxyl groups excluding tert-OH is 1. The van der Waals surface area contributed by atoms with Gasteiger partial charge in [-0.25, -0.2) is 19.7 Å². The maximum atomic E-state index is 12.2. The Morgan fingerprint density at radius 3 is 2.94 bits per heavy atom. The molecule has 2 aromatic heterocycles. The number of rotatable bonds is 6. The highest BCUT2D eigenvalue weighted by molar-refractivity contribution is 5.89. The van der Waals surface area contributed by atoms with Crippen molar-refractivity contribution in [1.82, 2.24) is 19.5 Å². The molecule has 0 unspecified atom stereocenters. The molecule has 10 heteroatoms. The third-order valence-corrected chi connectivity index (χ3v) is 5.48. The fourth-order valence-electron chi connectivity index (χ4n) is 3.90. The van der Waals surface area contributed by atoms with E-state index in [1.54, 1.807) is 35.2 Å². The van der Waals surface area contributed by atoms with E-state index >= 15 is 0 Å². The van der Waals surface area contributed by atoms with Crippen LogP contribution >= 0.6 is 0 Å². The van der Waals surface area contributed by atoms with Crippen molar-refractivity contribution in [3.8, 4) is 0 Å². The van der Waals surface area contributed by atoms with Crippen LogP contribution in [0.5, 0.6) is 0 Å². The van der Waals surface area contributed by atoms with Gasteiger partial charge in [-0.2, -0.15) is 0 Å². The molecule has 0 radical (unpaired) electrons. The minimum absolute atomic E-state index is 0.0530. The quantitative estimate of drug-likeness (QED) is 0.566. The Hall–Kier alpha value is -3.08. The molecule has 2 aliphatic heterocycles. The second-order valence-corrected chi connectivity index (χ2v) is 7.67. The van der Waals surface area contributed by atoms with Crippen molar-refractivity contribution in [2.24, 2.45) is 0 Å². The van der Waals surface area contributed by atoms with Crippen LogP contribution < -0.4 is 5.32 Å². The van der Waals surface area contributed by atoms with E-state index in [0.717, 1.165) is 13.0 Å². The zero-order valence-electron chi connectivity index (χ0n) is 16.8. The molecular weight excluding hydrogens is 402 g/mol. The molecule has 2 N–H and O–H groups in total.